The molecule has 0 aromatic heterocycles. The number of aryl methyl sites for hydroxylation is 1. The lowest BCUT2D eigenvalue weighted by molar-refractivity contribution is 0.0924. The Morgan fingerprint density at radius 2 is 1.69 bits per heavy atom. The van der Waals surface area contributed by atoms with Crippen LogP contribution in [0.5, 0.6) is 0 Å². The van der Waals surface area contributed by atoms with E-state index in [9.17, 15) is 4.79 Å². The molecule has 0 saturated carbocycles. The number of hydrogen-bond acceptors (Lipinski definition) is 2. The first-order valence-electron chi connectivity index (χ1n) is 9.54. The molecule has 0 spiro atoms. The minimum Gasteiger partial charge on any atom is -0.348 e. The summed E-state index contributed by atoms with van der Waals surface area (Å²) in [5.41, 5.74) is 4.27. The zero-order valence-electron chi connectivity index (χ0n) is 16.8. The fourth-order valence-electron chi connectivity index (χ4n) is 3.27. The number of amides is 1. The molecule has 3 heteroatoms. The van der Waals surface area contributed by atoms with Gasteiger partial charge in [0.25, 0.3) is 5.91 Å². The summed E-state index contributed by atoms with van der Waals surface area (Å²) in [4.78, 5) is 14.9. The van der Waals surface area contributed by atoms with Gasteiger partial charge >= 0.3 is 0 Å². The highest BCUT2D eigenvalue weighted by atomic mass is 16.1. The number of nitrogens with zero attached hydrogens (tertiary/aromatic N) is 1. The lowest BCUT2D eigenvalue weighted by atomic mass is 9.99. The third-order valence-electron chi connectivity index (χ3n) is 4.47. The number of benzene rings is 2. The van der Waals surface area contributed by atoms with Crippen LogP contribution < -0.4 is 5.32 Å². The molecular weight excluding hydrogens is 320 g/mol. The Hall–Kier alpha value is -2.13. The monoisotopic (exact) mass is 352 g/mol. The summed E-state index contributed by atoms with van der Waals surface area (Å²) in [5.74, 6) is 0.550. The fraction of sp³-hybridized carbons (Fsp3) is 0.435. The molecule has 26 heavy (non-hydrogen) atoms. The predicted octanol–water partition coefficient (Wildman–Crippen LogP) is 4.62. The second-order valence-corrected chi connectivity index (χ2v) is 7.70. The van der Waals surface area contributed by atoms with Gasteiger partial charge in [-0.15, -0.1) is 0 Å². The predicted molar refractivity (Wildman–Crippen MR) is 111 cm³/mol. The van der Waals surface area contributed by atoms with E-state index in [1.807, 2.05) is 32.3 Å². The van der Waals surface area contributed by atoms with Gasteiger partial charge in [0.05, 0.1) is 0 Å². The molecule has 0 aliphatic rings. The fourth-order valence-corrected chi connectivity index (χ4v) is 3.27. The second kappa shape index (κ2) is 9.54. The maximum absolute atomic E-state index is 12.8. The van der Waals surface area contributed by atoms with Gasteiger partial charge in [-0.2, -0.15) is 0 Å². The summed E-state index contributed by atoms with van der Waals surface area (Å²) in [6.07, 6.45) is 1.98. The van der Waals surface area contributed by atoms with Crippen LogP contribution in [0.25, 0.3) is 11.1 Å². The highest BCUT2D eigenvalue weighted by molar-refractivity contribution is 5.95. The van der Waals surface area contributed by atoms with Gasteiger partial charge in [0.1, 0.15) is 0 Å². The van der Waals surface area contributed by atoms with Gasteiger partial charge in [-0.3, -0.25) is 4.79 Å². The Morgan fingerprint density at radius 3 is 2.31 bits per heavy atom. The average molecular weight is 353 g/mol. The molecule has 0 fully saturated rings. The van der Waals surface area contributed by atoms with Crippen molar-refractivity contribution in [3.63, 3.8) is 0 Å². The van der Waals surface area contributed by atoms with Gasteiger partial charge in [-0.25, -0.2) is 0 Å². The smallest absolute Gasteiger partial charge is 0.251 e. The molecule has 0 radical (unpaired) electrons. The largest absolute Gasteiger partial charge is 0.348 e. The van der Waals surface area contributed by atoms with E-state index in [-0.39, 0.29) is 11.9 Å². The molecule has 140 valence electrons. The normalized spacial score (nSPS) is 12.4. The third kappa shape index (κ3) is 5.99. The molecule has 0 unspecified atom stereocenters. The van der Waals surface area contributed by atoms with Gasteiger partial charge in [-0.05, 0) is 61.7 Å². The highest BCUT2D eigenvalue weighted by Crippen LogP contribution is 2.22. The standard InChI is InChI=1S/C23H32N2O/c1-6-18-9-7-10-19(14-18)20-11-8-12-21(15-20)23(26)24-22(13-17(2)3)16-25(4)5/h7-12,14-15,17,22H,6,13,16H2,1-5H3,(H,24,26)/t22-/m1/s1. The van der Waals surface area contributed by atoms with Crippen LogP contribution in [0.3, 0.4) is 0 Å². The van der Waals surface area contributed by atoms with Gasteiger partial charge in [-0.1, -0.05) is 57.2 Å². The SMILES string of the molecule is CCc1cccc(-c2cccc(C(=O)N[C@H](CC(C)C)CN(C)C)c2)c1. The first-order chi connectivity index (χ1) is 12.4. The van der Waals surface area contributed by atoms with E-state index in [1.165, 1.54) is 5.56 Å². The maximum atomic E-state index is 12.8. The van der Waals surface area contributed by atoms with E-state index in [1.54, 1.807) is 0 Å². The van der Waals surface area contributed by atoms with Crippen molar-refractivity contribution in [3.05, 3.63) is 59.7 Å². The van der Waals surface area contributed by atoms with Crippen molar-refractivity contribution in [2.75, 3.05) is 20.6 Å². The summed E-state index contributed by atoms with van der Waals surface area (Å²) in [6.45, 7) is 7.39. The van der Waals surface area contributed by atoms with E-state index < -0.39 is 0 Å². The van der Waals surface area contributed by atoms with Crippen molar-refractivity contribution in [1.82, 2.24) is 10.2 Å². The minimum atomic E-state index is 0.00555. The quantitative estimate of drug-likeness (QED) is 0.752. The van der Waals surface area contributed by atoms with Crippen LogP contribution in [0, 0.1) is 5.92 Å². The van der Waals surface area contributed by atoms with Crippen LogP contribution in [-0.2, 0) is 6.42 Å². The van der Waals surface area contributed by atoms with Crippen LogP contribution >= 0.6 is 0 Å². The lowest BCUT2D eigenvalue weighted by Gasteiger charge is -2.24. The van der Waals surface area contributed by atoms with Crippen LogP contribution in [0.15, 0.2) is 48.5 Å². The van der Waals surface area contributed by atoms with E-state index in [0.717, 1.165) is 36.1 Å². The Bertz CT molecular complexity index is 712. The Kier molecular flexibility index (Phi) is 7.40. The molecular formula is C23H32N2O. The lowest BCUT2D eigenvalue weighted by Crippen LogP contribution is -2.42. The molecule has 1 atom stereocenters. The zero-order valence-corrected chi connectivity index (χ0v) is 16.8. The van der Waals surface area contributed by atoms with Gasteiger partial charge in [0, 0.05) is 18.2 Å². The molecule has 0 aliphatic heterocycles. The summed E-state index contributed by atoms with van der Waals surface area (Å²) in [5, 5.41) is 3.22. The van der Waals surface area contributed by atoms with Crippen LogP contribution in [-0.4, -0.2) is 37.5 Å². The molecule has 0 saturated heterocycles. The minimum absolute atomic E-state index is 0.00555. The molecule has 1 N–H and O–H groups in total. The molecule has 2 rings (SSSR count). The molecule has 0 heterocycles. The van der Waals surface area contributed by atoms with Crippen molar-refractivity contribution >= 4 is 5.91 Å². The van der Waals surface area contributed by atoms with Crippen molar-refractivity contribution < 1.29 is 4.79 Å². The van der Waals surface area contributed by atoms with Gasteiger partial charge < -0.3 is 10.2 Å². The van der Waals surface area contributed by atoms with Crippen LogP contribution in [0.2, 0.25) is 0 Å². The number of nitrogens with one attached hydrogen (secondary N) is 1. The number of carbonyl (C=O) groups excluding carboxylic acids is 1. The van der Waals surface area contributed by atoms with Crippen molar-refractivity contribution in [1.29, 1.82) is 0 Å². The maximum Gasteiger partial charge on any atom is 0.251 e. The van der Waals surface area contributed by atoms with E-state index in [2.05, 4.69) is 61.3 Å². The second-order valence-electron chi connectivity index (χ2n) is 7.70. The van der Waals surface area contributed by atoms with E-state index in [4.69, 9.17) is 0 Å². The molecule has 2 aromatic carbocycles. The average Bonchev–Trinajstić information content (AvgIpc) is 2.60. The number of rotatable bonds is 8. The van der Waals surface area contributed by atoms with Gasteiger partial charge in [0.2, 0.25) is 0 Å². The molecule has 2 aromatic rings. The van der Waals surface area contributed by atoms with Crippen LogP contribution in [0.1, 0.15) is 43.1 Å². The summed E-state index contributed by atoms with van der Waals surface area (Å²) in [7, 11) is 4.08. The number of carbonyl (C=O) groups is 1. The molecule has 1 amide bonds. The van der Waals surface area contributed by atoms with Crippen molar-refractivity contribution in [2.24, 2.45) is 5.92 Å². The number of likely N-dealkylation sites (N-methyl/N-ethyl adjacent to an activating group) is 1. The Morgan fingerprint density at radius 1 is 1.04 bits per heavy atom. The van der Waals surface area contributed by atoms with Gasteiger partial charge in [0.15, 0.2) is 0 Å². The van der Waals surface area contributed by atoms with Crippen molar-refractivity contribution in [3.8, 4) is 11.1 Å². The summed E-state index contributed by atoms with van der Waals surface area (Å²) >= 11 is 0. The number of hydrogen-bond donors (Lipinski definition) is 1. The summed E-state index contributed by atoms with van der Waals surface area (Å²) < 4.78 is 0. The zero-order chi connectivity index (χ0) is 19.1. The Balaban J connectivity index is 2.18. The summed E-state index contributed by atoms with van der Waals surface area (Å²) in [6, 6.07) is 16.6. The van der Waals surface area contributed by atoms with E-state index >= 15 is 0 Å². The Labute approximate surface area is 158 Å². The topological polar surface area (TPSA) is 32.3 Å². The molecule has 3 nitrogen and oxygen atoms in total. The molecule has 0 bridgehead atoms. The highest BCUT2D eigenvalue weighted by Gasteiger charge is 2.16. The third-order valence-corrected chi connectivity index (χ3v) is 4.47. The van der Waals surface area contributed by atoms with Crippen LogP contribution in [0.4, 0.5) is 0 Å². The first-order valence-corrected chi connectivity index (χ1v) is 9.54. The van der Waals surface area contributed by atoms with E-state index in [0.29, 0.717) is 5.92 Å². The van der Waals surface area contributed by atoms with Crippen molar-refractivity contribution in [2.45, 2.75) is 39.7 Å². The molecule has 0 aliphatic carbocycles. The first kappa shape index (κ1) is 20.2.